The van der Waals surface area contributed by atoms with Gasteiger partial charge in [-0.25, -0.2) is 0 Å². The maximum absolute atomic E-state index is 12.5. The van der Waals surface area contributed by atoms with Crippen molar-refractivity contribution < 1.29 is 9.59 Å². The summed E-state index contributed by atoms with van der Waals surface area (Å²) in [5.74, 6) is 1.00. The Hall–Kier alpha value is -1.10. The number of nitrogens with zero attached hydrogens (tertiary/aromatic N) is 2. The monoisotopic (exact) mass is 279 g/mol. The molecule has 0 aromatic rings. The number of fused-ring (bicyclic) bond motifs is 1. The fraction of sp³-hybridized carbons (Fsp3) is 0.867. The largest absolute Gasteiger partial charge is 0.332 e. The first-order chi connectivity index (χ1) is 9.75. The molecule has 0 aromatic heterocycles. The highest BCUT2D eigenvalue weighted by atomic mass is 16.2. The molecule has 2 amide bonds. The molecule has 20 heavy (non-hydrogen) atoms. The summed E-state index contributed by atoms with van der Waals surface area (Å²) in [6, 6.07) is -0.158. The van der Waals surface area contributed by atoms with Gasteiger partial charge in [0.1, 0.15) is 6.04 Å². The summed E-state index contributed by atoms with van der Waals surface area (Å²) in [5.41, 5.74) is 0. The minimum atomic E-state index is -0.158. The molecular formula is C15H25N3O2. The van der Waals surface area contributed by atoms with Gasteiger partial charge < -0.3 is 15.1 Å². The molecule has 0 saturated carbocycles. The molecular weight excluding hydrogens is 254 g/mol. The molecule has 0 spiro atoms. The molecule has 3 aliphatic heterocycles. The normalized spacial score (nSPS) is 31.4. The van der Waals surface area contributed by atoms with E-state index in [0.29, 0.717) is 12.5 Å². The average molecular weight is 279 g/mol. The minimum absolute atomic E-state index is 0.149. The van der Waals surface area contributed by atoms with Gasteiger partial charge in [-0.3, -0.25) is 9.59 Å². The van der Waals surface area contributed by atoms with Gasteiger partial charge in [-0.2, -0.15) is 0 Å². The molecule has 2 unspecified atom stereocenters. The van der Waals surface area contributed by atoms with Crippen molar-refractivity contribution in [1.82, 2.24) is 15.1 Å². The second-order valence-corrected chi connectivity index (χ2v) is 6.36. The van der Waals surface area contributed by atoms with Crippen LogP contribution in [0.1, 0.15) is 38.5 Å². The number of carbonyl (C=O) groups excluding carboxylic acids is 2. The third-order valence-corrected chi connectivity index (χ3v) is 4.95. The molecule has 2 atom stereocenters. The van der Waals surface area contributed by atoms with Gasteiger partial charge in [0, 0.05) is 13.1 Å². The molecule has 0 aliphatic carbocycles. The number of nitrogens with one attached hydrogen (secondary N) is 1. The van der Waals surface area contributed by atoms with E-state index < -0.39 is 0 Å². The zero-order valence-electron chi connectivity index (χ0n) is 12.1. The Labute approximate surface area is 120 Å². The molecule has 3 fully saturated rings. The van der Waals surface area contributed by atoms with Crippen LogP contribution in [-0.2, 0) is 9.59 Å². The summed E-state index contributed by atoms with van der Waals surface area (Å²) in [7, 11) is 0. The van der Waals surface area contributed by atoms with Gasteiger partial charge >= 0.3 is 0 Å². The highest BCUT2D eigenvalue weighted by Crippen LogP contribution is 2.24. The number of piperidine rings is 2. The molecule has 3 saturated heterocycles. The van der Waals surface area contributed by atoms with Crippen molar-refractivity contribution in [2.24, 2.45) is 5.92 Å². The summed E-state index contributed by atoms with van der Waals surface area (Å²) in [5, 5.41) is 3.41. The number of piperazine rings is 1. The van der Waals surface area contributed by atoms with Gasteiger partial charge in [0.05, 0.1) is 6.54 Å². The number of hydrogen-bond acceptors (Lipinski definition) is 3. The van der Waals surface area contributed by atoms with E-state index in [-0.39, 0.29) is 17.9 Å². The van der Waals surface area contributed by atoms with Crippen LogP contribution in [0.25, 0.3) is 0 Å². The predicted molar refractivity (Wildman–Crippen MR) is 76.1 cm³/mol. The predicted octanol–water partition coefficient (Wildman–Crippen LogP) is 0.599. The first-order valence-electron chi connectivity index (χ1n) is 8.04. The molecule has 3 aliphatic rings. The van der Waals surface area contributed by atoms with E-state index in [1.165, 1.54) is 12.8 Å². The van der Waals surface area contributed by atoms with Crippen LogP contribution in [0.5, 0.6) is 0 Å². The Morgan fingerprint density at radius 1 is 1.15 bits per heavy atom. The average Bonchev–Trinajstić information content (AvgIpc) is 2.50. The second-order valence-electron chi connectivity index (χ2n) is 6.36. The van der Waals surface area contributed by atoms with Crippen LogP contribution in [0.2, 0.25) is 0 Å². The Kier molecular flexibility index (Phi) is 4.24. The van der Waals surface area contributed by atoms with Gasteiger partial charge in [-0.15, -0.1) is 0 Å². The van der Waals surface area contributed by atoms with Crippen LogP contribution in [0.4, 0.5) is 0 Å². The second kappa shape index (κ2) is 6.12. The standard InChI is InChI=1S/C15H25N3O2/c19-14-11-17(9-6-12-4-3-7-16-10-12)15(20)13-5-1-2-8-18(13)14/h12-13,16H,1-11H2. The Bertz CT molecular complexity index is 379. The van der Waals surface area contributed by atoms with E-state index >= 15 is 0 Å². The molecule has 112 valence electrons. The van der Waals surface area contributed by atoms with E-state index in [4.69, 9.17) is 0 Å². The van der Waals surface area contributed by atoms with Gasteiger partial charge in [-0.1, -0.05) is 0 Å². The van der Waals surface area contributed by atoms with Crippen LogP contribution in [0.3, 0.4) is 0 Å². The quantitative estimate of drug-likeness (QED) is 0.823. The van der Waals surface area contributed by atoms with Crippen molar-refractivity contribution >= 4 is 11.8 Å². The van der Waals surface area contributed by atoms with Gasteiger partial charge in [0.15, 0.2) is 0 Å². The zero-order valence-corrected chi connectivity index (χ0v) is 12.1. The number of amides is 2. The lowest BCUT2D eigenvalue weighted by Gasteiger charge is -2.43. The van der Waals surface area contributed by atoms with Crippen molar-refractivity contribution in [2.45, 2.75) is 44.6 Å². The summed E-state index contributed by atoms with van der Waals surface area (Å²) in [6.45, 7) is 4.01. The lowest BCUT2D eigenvalue weighted by molar-refractivity contribution is -0.157. The maximum atomic E-state index is 12.5. The van der Waals surface area contributed by atoms with Crippen LogP contribution in [-0.4, -0.2) is 60.4 Å². The van der Waals surface area contributed by atoms with E-state index in [9.17, 15) is 9.59 Å². The molecule has 5 heteroatoms. The SMILES string of the molecule is O=C1C2CCCCN2C(=O)CN1CCC1CCCNC1. The zero-order chi connectivity index (χ0) is 13.9. The van der Waals surface area contributed by atoms with Crippen LogP contribution in [0, 0.1) is 5.92 Å². The fourth-order valence-electron chi connectivity index (χ4n) is 3.73. The third kappa shape index (κ3) is 2.82. The Morgan fingerprint density at radius 2 is 2.05 bits per heavy atom. The highest BCUT2D eigenvalue weighted by molar-refractivity contribution is 5.95. The smallest absolute Gasteiger partial charge is 0.245 e. The number of rotatable bonds is 3. The lowest BCUT2D eigenvalue weighted by Crippen LogP contribution is -2.61. The van der Waals surface area contributed by atoms with E-state index in [1.807, 2.05) is 9.80 Å². The summed E-state index contributed by atoms with van der Waals surface area (Å²) < 4.78 is 0. The highest BCUT2D eigenvalue weighted by Gasteiger charge is 2.40. The van der Waals surface area contributed by atoms with Gasteiger partial charge in [0.2, 0.25) is 11.8 Å². The van der Waals surface area contributed by atoms with E-state index in [1.54, 1.807) is 0 Å². The third-order valence-electron chi connectivity index (χ3n) is 4.95. The van der Waals surface area contributed by atoms with Crippen molar-refractivity contribution in [1.29, 1.82) is 0 Å². The molecule has 0 aromatic carbocycles. The van der Waals surface area contributed by atoms with Crippen LogP contribution >= 0.6 is 0 Å². The molecule has 0 radical (unpaired) electrons. The minimum Gasteiger partial charge on any atom is -0.332 e. The summed E-state index contributed by atoms with van der Waals surface area (Å²) in [6.07, 6.45) is 6.47. The summed E-state index contributed by atoms with van der Waals surface area (Å²) in [4.78, 5) is 28.3. The lowest BCUT2D eigenvalue weighted by atomic mass is 9.94. The van der Waals surface area contributed by atoms with Crippen molar-refractivity contribution in [2.75, 3.05) is 32.7 Å². The number of carbonyl (C=O) groups is 2. The number of hydrogen-bond donors (Lipinski definition) is 1. The van der Waals surface area contributed by atoms with Crippen LogP contribution in [0.15, 0.2) is 0 Å². The fourth-order valence-corrected chi connectivity index (χ4v) is 3.73. The Balaban J connectivity index is 1.56. The molecule has 5 nitrogen and oxygen atoms in total. The van der Waals surface area contributed by atoms with Gasteiger partial charge in [-0.05, 0) is 57.5 Å². The molecule has 3 rings (SSSR count). The van der Waals surface area contributed by atoms with E-state index in [2.05, 4.69) is 5.32 Å². The maximum Gasteiger partial charge on any atom is 0.245 e. The van der Waals surface area contributed by atoms with Crippen molar-refractivity contribution in [3.05, 3.63) is 0 Å². The first-order valence-corrected chi connectivity index (χ1v) is 8.04. The van der Waals surface area contributed by atoms with Crippen molar-refractivity contribution in [3.8, 4) is 0 Å². The molecule has 0 bridgehead atoms. The summed E-state index contributed by atoms with van der Waals surface area (Å²) >= 11 is 0. The molecule has 3 heterocycles. The van der Waals surface area contributed by atoms with Crippen LogP contribution < -0.4 is 5.32 Å². The Morgan fingerprint density at radius 3 is 2.85 bits per heavy atom. The topological polar surface area (TPSA) is 52.7 Å². The molecule has 1 N–H and O–H groups in total. The van der Waals surface area contributed by atoms with E-state index in [0.717, 1.165) is 51.9 Å². The van der Waals surface area contributed by atoms with Gasteiger partial charge in [0.25, 0.3) is 0 Å². The first kappa shape index (κ1) is 13.9. The van der Waals surface area contributed by atoms with Crippen molar-refractivity contribution in [3.63, 3.8) is 0 Å².